The van der Waals surface area contributed by atoms with E-state index in [1.165, 1.54) is 61.2 Å². The Kier molecular flexibility index (Phi) is 7.89. The highest BCUT2D eigenvalue weighted by molar-refractivity contribution is 6.39. The van der Waals surface area contributed by atoms with Crippen LogP contribution in [0.4, 0.5) is 0 Å². The lowest BCUT2D eigenvalue weighted by Crippen LogP contribution is -2.43. The molecule has 0 unspecified atom stereocenters. The van der Waals surface area contributed by atoms with Crippen LogP contribution in [0.1, 0.15) is 26.3 Å². The minimum Gasteiger partial charge on any atom is -0.478 e. The fourth-order valence-electron chi connectivity index (χ4n) is 4.12. The Labute approximate surface area is 231 Å². The van der Waals surface area contributed by atoms with Gasteiger partial charge in [0, 0.05) is 13.5 Å². The number of carboxylic acids is 1. The number of aromatic nitrogens is 2. The van der Waals surface area contributed by atoms with Crippen molar-refractivity contribution in [3.63, 3.8) is 0 Å². The Hall–Kier alpha value is -4.41. The van der Waals surface area contributed by atoms with Crippen LogP contribution in [0.3, 0.4) is 0 Å². The van der Waals surface area contributed by atoms with Crippen LogP contribution < -0.4 is 16.6 Å². The quantitative estimate of drug-likeness (QED) is 0.326. The average Bonchev–Trinajstić information content (AvgIpc) is 2.91. The average molecular weight is 570 g/mol. The number of aromatic carboxylic acids is 1. The van der Waals surface area contributed by atoms with E-state index in [9.17, 15) is 29.1 Å². The van der Waals surface area contributed by atoms with Gasteiger partial charge in [-0.2, -0.15) is 0 Å². The summed E-state index contributed by atoms with van der Waals surface area (Å²) >= 11 is 12.2. The number of aryl methyl sites for hydroxylation is 1. The van der Waals surface area contributed by atoms with Gasteiger partial charge in [0.05, 0.1) is 44.9 Å². The molecule has 1 aromatic heterocycles. The van der Waals surface area contributed by atoms with Crippen molar-refractivity contribution in [2.24, 2.45) is 7.05 Å². The zero-order chi connectivity index (χ0) is 28.4. The number of rotatable bonds is 7. The number of ether oxygens (including phenoxy) is 1. The van der Waals surface area contributed by atoms with Crippen molar-refractivity contribution < 1.29 is 24.2 Å². The maximum absolute atomic E-state index is 13.2. The van der Waals surface area contributed by atoms with Crippen molar-refractivity contribution in [1.29, 1.82) is 0 Å². The van der Waals surface area contributed by atoms with Crippen LogP contribution in [-0.4, -0.2) is 45.2 Å². The molecule has 12 heteroatoms. The lowest BCUT2D eigenvalue weighted by Gasteiger charge is -2.18. The summed E-state index contributed by atoms with van der Waals surface area (Å²) < 4.78 is 7.01. The van der Waals surface area contributed by atoms with Crippen LogP contribution in [-0.2, 0) is 23.0 Å². The van der Waals surface area contributed by atoms with E-state index in [1.54, 1.807) is 18.2 Å². The van der Waals surface area contributed by atoms with E-state index < -0.39 is 35.1 Å². The molecule has 0 aliphatic heterocycles. The van der Waals surface area contributed by atoms with Gasteiger partial charge in [0.2, 0.25) is 0 Å². The number of nitrogens with zero attached hydrogens (tertiary/aromatic N) is 2. The highest BCUT2D eigenvalue weighted by atomic mass is 35.5. The van der Waals surface area contributed by atoms with E-state index >= 15 is 0 Å². The van der Waals surface area contributed by atoms with Crippen LogP contribution in [0, 0.1) is 0 Å². The van der Waals surface area contributed by atoms with Crippen LogP contribution >= 0.6 is 23.2 Å². The Morgan fingerprint density at radius 1 is 1.00 bits per heavy atom. The van der Waals surface area contributed by atoms with Gasteiger partial charge in [-0.1, -0.05) is 41.4 Å². The van der Waals surface area contributed by atoms with Gasteiger partial charge in [0.25, 0.3) is 11.5 Å². The van der Waals surface area contributed by atoms with Crippen molar-refractivity contribution in [3.05, 3.63) is 108 Å². The van der Waals surface area contributed by atoms with Gasteiger partial charge in [0.1, 0.15) is 6.04 Å². The Morgan fingerprint density at radius 3 is 2.23 bits per heavy atom. The van der Waals surface area contributed by atoms with Gasteiger partial charge in [-0.25, -0.2) is 19.0 Å². The summed E-state index contributed by atoms with van der Waals surface area (Å²) in [6.07, 6.45) is 0.0212. The van der Waals surface area contributed by atoms with E-state index in [2.05, 4.69) is 5.32 Å². The SMILES string of the molecule is COC(=O)[C@H](Cc1ccc(-n2c(=O)c3cc(C(=O)O)ccc3n(C)c2=O)cc1)NC(=O)c1c(Cl)cccc1Cl. The Bertz CT molecular complexity index is 1720. The molecule has 0 radical (unpaired) electrons. The van der Waals surface area contributed by atoms with Crippen molar-refractivity contribution in [2.45, 2.75) is 12.5 Å². The molecule has 1 atom stereocenters. The summed E-state index contributed by atoms with van der Waals surface area (Å²) in [5.74, 6) is -2.57. The molecule has 0 fully saturated rings. The molecular formula is C27H21Cl2N3O7. The molecule has 1 heterocycles. The molecule has 0 saturated heterocycles. The number of amides is 1. The second-order valence-electron chi connectivity index (χ2n) is 8.54. The number of benzene rings is 3. The second kappa shape index (κ2) is 11.1. The van der Waals surface area contributed by atoms with Crippen molar-refractivity contribution in [3.8, 4) is 5.69 Å². The van der Waals surface area contributed by atoms with Gasteiger partial charge in [-0.15, -0.1) is 0 Å². The summed E-state index contributed by atoms with van der Waals surface area (Å²) in [7, 11) is 2.66. The number of carboxylic acid groups (broad SMARTS) is 1. The molecular weight excluding hydrogens is 549 g/mol. The molecule has 39 heavy (non-hydrogen) atoms. The molecule has 0 saturated carbocycles. The predicted molar refractivity (Wildman–Crippen MR) is 145 cm³/mol. The number of carbonyl (C=O) groups is 3. The maximum Gasteiger partial charge on any atom is 0.335 e. The van der Waals surface area contributed by atoms with Crippen LogP contribution in [0.2, 0.25) is 10.0 Å². The number of hydrogen-bond acceptors (Lipinski definition) is 6. The van der Waals surface area contributed by atoms with Crippen LogP contribution in [0.25, 0.3) is 16.6 Å². The molecule has 0 aliphatic rings. The third-order valence-corrected chi connectivity index (χ3v) is 6.76. The topological polar surface area (TPSA) is 137 Å². The molecule has 0 bridgehead atoms. The third-order valence-electron chi connectivity index (χ3n) is 6.13. The first-order valence-corrected chi connectivity index (χ1v) is 12.2. The minimum atomic E-state index is -1.20. The normalized spacial score (nSPS) is 11.7. The van der Waals surface area contributed by atoms with E-state index in [0.717, 1.165) is 4.57 Å². The van der Waals surface area contributed by atoms with Gasteiger partial charge in [-0.05, 0) is 48.0 Å². The van der Waals surface area contributed by atoms with Gasteiger partial charge < -0.3 is 15.2 Å². The number of halogens is 2. The molecule has 10 nitrogen and oxygen atoms in total. The lowest BCUT2D eigenvalue weighted by molar-refractivity contribution is -0.142. The second-order valence-corrected chi connectivity index (χ2v) is 9.35. The third kappa shape index (κ3) is 5.43. The zero-order valence-electron chi connectivity index (χ0n) is 20.6. The monoisotopic (exact) mass is 569 g/mol. The number of fused-ring (bicyclic) bond motifs is 1. The Morgan fingerprint density at radius 2 is 1.64 bits per heavy atom. The predicted octanol–water partition coefficient (Wildman–Crippen LogP) is 3.21. The van der Waals surface area contributed by atoms with Gasteiger partial charge in [0.15, 0.2) is 0 Å². The van der Waals surface area contributed by atoms with Crippen molar-refractivity contribution in [1.82, 2.24) is 14.5 Å². The smallest absolute Gasteiger partial charge is 0.335 e. The highest BCUT2D eigenvalue weighted by Gasteiger charge is 2.25. The summed E-state index contributed by atoms with van der Waals surface area (Å²) in [4.78, 5) is 62.9. The number of methoxy groups -OCH3 is 1. The van der Waals surface area contributed by atoms with E-state index in [-0.39, 0.29) is 44.2 Å². The van der Waals surface area contributed by atoms with Crippen molar-refractivity contribution in [2.75, 3.05) is 7.11 Å². The summed E-state index contributed by atoms with van der Waals surface area (Å²) in [6.45, 7) is 0. The molecule has 3 aromatic carbocycles. The number of hydrogen-bond donors (Lipinski definition) is 2. The highest BCUT2D eigenvalue weighted by Crippen LogP contribution is 2.24. The van der Waals surface area contributed by atoms with E-state index in [1.807, 2.05) is 0 Å². The van der Waals surface area contributed by atoms with Crippen LogP contribution in [0.15, 0.2) is 70.3 Å². The standard InChI is InChI=1S/C27H21Cl2N3O7/c1-31-21-11-8-15(25(35)36)13-17(21)24(34)32(27(31)38)16-9-6-14(7-10-16)12-20(26(37)39-2)30-23(33)22-18(28)4-3-5-19(22)29/h3-11,13,20H,12H2,1-2H3,(H,30,33)(H,35,36)/t20-/m0/s1. The molecule has 0 aliphatic carbocycles. The minimum absolute atomic E-state index is 0.0164. The first-order chi connectivity index (χ1) is 18.5. The summed E-state index contributed by atoms with van der Waals surface area (Å²) in [5.41, 5.74) is -0.276. The molecule has 0 spiro atoms. The van der Waals surface area contributed by atoms with Crippen molar-refractivity contribution >= 4 is 52.0 Å². The molecule has 2 N–H and O–H groups in total. The fourth-order valence-corrected chi connectivity index (χ4v) is 4.69. The molecule has 200 valence electrons. The fraction of sp³-hybridized carbons (Fsp3) is 0.148. The molecule has 4 rings (SSSR count). The van der Waals surface area contributed by atoms with Gasteiger partial charge in [-0.3, -0.25) is 14.2 Å². The zero-order valence-corrected chi connectivity index (χ0v) is 22.1. The first kappa shape index (κ1) is 27.6. The molecule has 4 aromatic rings. The number of nitrogens with one attached hydrogen (secondary N) is 1. The Balaban J connectivity index is 1.66. The number of esters is 1. The largest absolute Gasteiger partial charge is 0.478 e. The summed E-state index contributed by atoms with van der Waals surface area (Å²) in [5, 5.41) is 12.2. The van der Waals surface area contributed by atoms with E-state index in [0.29, 0.717) is 5.56 Å². The van der Waals surface area contributed by atoms with Gasteiger partial charge >= 0.3 is 17.6 Å². The summed E-state index contributed by atoms with van der Waals surface area (Å²) in [6, 6.07) is 13.6. The lowest BCUT2D eigenvalue weighted by atomic mass is 10.0. The molecule has 1 amide bonds. The van der Waals surface area contributed by atoms with Crippen LogP contribution in [0.5, 0.6) is 0 Å². The van der Waals surface area contributed by atoms with E-state index in [4.69, 9.17) is 27.9 Å². The number of carbonyl (C=O) groups excluding carboxylic acids is 2. The maximum atomic E-state index is 13.2. The first-order valence-electron chi connectivity index (χ1n) is 11.4.